The molecule has 0 saturated carbocycles. The van der Waals surface area contributed by atoms with E-state index in [9.17, 15) is 19.4 Å². The Balaban J connectivity index is 2.12. The van der Waals surface area contributed by atoms with Crippen molar-refractivity contribution in [3.8, 4) is 11.5 Å². The minimum Gasteiger partial charge on any atom is -0.457 e. The number of nitrogens with zero attached hydrogens (tertiary/aromatic N) is 4. The van der Waals surface area contributed by atoms with E-state index in [4.69, 9.17) is 4.74 Å². The minimum atomic E-state index is -0.502. The average molecular weight is 342 g/mol. The molecule has 0 radical (unpaired) electrons. The predicted octanol–water partition coefficient (Wildman–Crippen LogP) is 3.55. The summed E-state index contributed by atoms with van der Waals surface area (Å²) in [5.41, 5.74) is 0.638. The van der Waals surface area contributed by atoms with Crippen LogP contribution in [-0.4, -0.2) is 11.8 Å². The van der Waals surface area contributed by atoms with Crippen molar-refractivity contribution in [3.63, 3.8) is 0 Å². The highest BCUT2D eigenvalue weighted by molar-refractivity contribution is 5.91. The summed E-state index contributed by atoms with van der Waals surface area (Å²) in [6, 6.07) is 12.3. The molecule has 0 unspecified atom stereocenters. The normalized spacial score (nSPS) is 9.84. The Hall–Kier alpha value is -3.62. The molecule has 0 spiro atoms. The number of carbonyl (C=O) groups excluding carboxylic acids is 2. The summed E-state index contributed by atoms with van der Waals surface area (Å²) in [6.07, 6.45) is 0. The molecule has 0 atom stereocenters. The van der Waals surface area contributed by atoms with Gasteiger partial charge >= 0.3 is 0 Å². The maximum Gasteiger partial charge on any atom is 0.246 e. The Bertz CT molecular complexity index is 722. The molecular weight excluding hydrogens is 328 g/mol. The summed E-state index contributed by atoms with van der Waals surface area (Å²) >= 11 is 0. The molecule has 25 heavy (non-hydrogen) atoms. The number of hydrogen-bond donors (Lipinski definition) is 0. The number of anilines is 2. The van der Waals surface area contributed by atoms with Crippen molar-refractivity contribution in [3.05, 3.63) is 58.3 Å². The van der Waals surface area contributed by atoms with Crippen LogP contribution in [0.4, 0.5) is 11.4 Å². The molecule has 128 valence electrons. The van der Waals surface area contributed by atoms with Gasteiger partial charge in [0.15, 0.2) is 0 Å². The number of ether oxygens (including phenoxy) is 1. The van der Waals surface area contributed by atoms with Crippen LogP contribution in [-0.2, 0) is 9.59 Å². The molecule has 2 aromatic carbocycles. The summed E-state index contributed by atoms with van der Waals surface area (Å²) in [5, 5.41) is 6.74. The zero-order valence-electron chi connectivity index (χ0n) is 13.4. The second-order valence-electron chi connectivity index (χ2n) is 4.91. The van der Waals surface area contributed by atoms with E-state index in [0.29, 0.717) is 22.9 Å². The summed E-state index contributed by atoms with van der Waals surface area (Å²) in [7, 11) is 0. The molecule has 0 N–H and O–H groups in total. The summed E-state index contributed by atoms with van der Waals surface area (Å²) in [4.78, 5) is 43.8. The first-order chi connectivity index (χ1) is 12.0. The first-order valence-electron chi connectivity index (χ1n) is 7.12. The fourth-order valence-electron chi connectivity index (χ4n) is 2.02. The van der Waals surface area contributed by atoms with Gasteiger partial charge in [-0.3, -0.25) is 9.59 Å². The van der Waals surface area contributed by atoms with Crippen molar-refractivity contribution in [1.29, 1.82) is 0 Å². The molecule has 0 saturated heterocycles. The second-order valence-corrected chi connectivity index (χ2v) is 4.91. The van der Waals surface area contributed by atoms with Crippen LogP contribution in [0.2, 0.25) is 0 Å². The molecule has 2 aromatic rings. The lowest BCUT2D eigenvalue weighted by molar-refractivity contribution is -0.117. The van der Waals surface area contributed by atoms with E-state index >= 15 is 0 Å². The van der Waals surface area contributed by atoms with E-state index in [1.165, 1.54) is 38.1 Å². The molecule has 0 bridgehead atoms. The molecule has 0 aliphatic heterocycles. The SMILES string of the molecule is CC(=O)N(N=O)c1ccc(Oc2ccc(N(N=O)C(C)=O)cc2)cc1. The number of benzene rings is 2. The van der Waals surface area contributed by atoms with Crippen LogP contribution in [0.5, 0.6) is 11.5 Å². The summed E-state index contributed by atoms with van der Waals surface area (Å²) < 4.78 is 5.61. The van der Waals surface area contributed by atoms with Gasteiger partial charge < -0.3 is 4.74 Å². The quantitative estimate of drug-likeness (QED) is 0.589. The third-order valence-corrected chi connectivity index (χ3v) is 3.16. The monoisotopic (exact) mass is 342 g/mol. The third-order valence-electron chi connectivity index (χ3n) is 3.16. The number of amides is 2. The predicted molar refractivity (Wildman–Crippen MR) is 90.9 cm³/mol. The minimum absolute atomic E-state index is 0.319. The molecule has 9 nitrogen and oxygen atoms in total. The van der Waals surface area contributed by atoms with Gasteiger partial charge in [0.05, 0.1) is 21.9 Å². The van der Waals surface area contributed by atoms with Gasteiger partial charge in [0, 0.05) is 13.8 Å². The summed E-state index contributed by atoms with van der Waals surface area (Å²) in [5.74, 6) is -0.0817. The van der Waals surface area contributed by atoms with Gasteiger partial charge in [0.1, 0.15) is 11.5 Å². The Morgan fingerprint density at radius 1 is 0.720 bits per heavy atom. The fraction of sp³-hybridized carbons (Fsp3) is 0.125. The van der Waals surface area contributed by atoms with Crippen molar-refractivity contribution < 1.29 is 14.3 Å². The van der Waals surface area contributed by atoms with Crippen LogP contribution in [0, 0.1) is 9.81 Å². The van der Waals surface area contributed by atoms with Crippen LogP contribution in [0.15, 0.2) is 59.1 Å². The highest BCUT2D eigenvalue weighted by atomic mass is 16.5. The lowest BCUT2D eigenvalue weighted by Crippen LogP contribution is -2.21. The molecule has 0 aromatic heterocycles. The van der Waals surface area contributed by atoms with E-state index in [1.807, 2.05) is 0 Å². The van der Waals surface area contributed by atoms with Crippen molar-refractivity contribution in [1.82, 2.24) is 0 Å². The zero-order valence-corrected chi connectivity index (χ0v) is 13.4. The second kappa shape index (κ2) is 7.77. The number of carbonyl (C=O) groups is 2. The Kier molecular flexibility index (Phi) is 5.51. The van der Waals surface area contributed by atoms with Crippen LogP contribution >= 0.6 is 0 Å². The van der Waals surface area contributed by atoms with E-state index in [0.717, 1.165) is 10.0 Å². The van der Waals surface area contributed by atoms with E-state index < -0.39 is 11.8 Å². The first kappa shape index (κ1) is 17.7. The third kappa shape index (κ3) is 4.22. The van der Waals surface area contributed by atoms with E-state index in [1.54, 1.807) is 24.3 Å². The zero-order chi connectivity index (χ0) is 18.4. The van der Waals surface area contributed by atoms with E-state index in [-0.39, 0.29) is 0 Å². The van der Waals surface area contributed by atoms with Crippen molar-refractivity contribution in [2.45, 2.75) is 13.8 Å². The van der Waals surface area contributed by atoms with Crippen LogP contribution < -0.4 is 14.8 Å². The molecule has 0 aliphatic carbocycles. The number of rotatable bonds is 6. The Morgan fingerprint density at radius 2 is 1.04 bits per heavy atom. The van der Waals surface area contributed by atoms with Gasteiger partial charge in [-0.15, -0.1) is 9.81 Å². The van der Waals surface area contributed by atoms with Gasteiger partial charge in [-0.1, -0.05) is 0 Å². The Morgan fingerprint density at radius 3 is 1.28 bits per heavy atom. The molecule has 9 heteroatoms. The highest BCUT2D eigenvalue weighted by Gasteiger charge is 2.13. The lowest BCUT2D eigenvalue weighted by atomic mass is 10.2. The van der Waals surface area contributed by atoms with Gasteiger partial charge in [0.25, 0.3) is 0 Å². The van der Waals surface area contributed by atoms with Crippen molar-refractivity contribution in [2.75, 3.05) is 10.0 Å². The smallest absolute Gasteiger partial charge is 0.246 e. The molecule has 0 fully saturated rings. The molecule has 2 amide bonds. The number of nitroso groups, excluding NO2 is 2. The molecule has 2 rings (SSSR count). The Labute approximate surface area is 142 Å². The molecular formula is C16H14N4O5. The largest absolute Gasteiger partial charge is 0.457 e. The van der Waals surface area contributed by atoms with Crippen molar-refractivity contribution in [2.24, 2.45) is 10.6 Å². The highest BCUT2D eigenvalue weighted by Crippen LogP contribution is 2.27. The van der Waals surface area contributed by atoms with Crippen LogP contribution in [0.3, 0.4) is 0 Å². The molecule has 0 aliphatic rings. The maximum atomic E-state index is 11.3. The van der Waals surface area contributed by atoms with Crippen molar-refractivity contribution >= 4 is 23.2 Å². The van der Waals surface area contributed by atoms with Crippen LogP contribution in [0.1, 0.15) is 13.8 Å². The standard InChI is InChI=1S/C16H14N4O5/c1-11(21)19(17-23)13-3-7-15(8-4-13)25-16-9-5-14(6-10-16)20(18-24)12(2)22/h3-10H,1-2H3. The lowest BCUT2D eigenvalue weighted by Gasteiger charge is -2.13. The fourth-order valence-corrected chi connectivity index (χ4v) is 2.02. The topological polar surface area (TPSA) is 109 Å². The van der Waals surface area contributed by atoms with E-state index in [2.05, 4.69) is 10.6 Å². The van der Waals surface area contributed by atoms with Gasteiger partial charge in [0.2, 0.25) is 11.8 Å². The summed E-state index contributed by atoms with van der Waals surface area (Å²) in [6.45, 7) is 2.46. The average Bonchev–Trinajstić information content (AvgIpc) is 2.58. The van der Waals surface area contributed by atoms with Gasteiger partial charge in [-0.2, -0.15) is 10.0 Å². The van der Waals surface area contributed by atoms with Gasteiger partial charge in [-0.05, 0) is 48.5 Å². The van der Waals surface area contributed by atoms with Crippen LogP contribution in [0.25, 0.3) is 0 Å². The van der Waals surface area contributed by atoms with Gasteiger partial charge in [-0.25, -0.2) is 0 Å². The molecule has 0 heterocycles. The maximum absolute atomic E-state index is 11.3. The number of hydrogen-bond acceptors (Lipinski definition) is 7. The first-order valence-corrected chi connectivity index (χ1v) is 7.12.